The van der Waals surface area contributed by atoms with E-state index in [-0.39, 0.29) is 24.4 Å². The Balaban J connectivity index is 1.34. The predicted molar refractivity (Wildman–Crippen MR) is 139 cm³/mol. The summed E-state index contributed by atoms with van der Waals surface area (Å²) in [4.78, 5) is 37.7. The van der Waals surface area contributed by atoms with E-state index in [1.54, 1.807) is 7.11 Å². The lowest BCUT2D eigenvalue weighted by molar-refractivity contribution is -0.136. The lowest BCUT2D eigenvalue weighted by Crippen LogP contribution is -2.57. The first-order chi connectivity index (χ1) is 17.4. The number of para-hydroxylation sites is 1. The van der Waals surface area contributed by atoms with Gasteiger partial charge in [0.15, 0.2) is 0 Å². The smallest absolute Gasteiger partial charge is 0.327 e. The van der Waals surface area contributed by atoms with Crippen LogP contribution in [0, 0.1) is 5.92 Å². The number of piperidine rings is 1. The molecule has 0 N–H and O–H groups in total. The van der Waals surface area contributed by atoms with Gasteiger partial charge in [-0.25, -0.2) is 4.79 Å². The van der Waals surface area contributed by atoms with Gasteiger partial charge in [0, 0.05) is 37.8 Å². The number of benzene rings is 2. The molecule has 7 nitrogen and oxygen atoms in total. The van der Waals surface area contributed by atoms with Crippen LogP contribution in [0.3, 0.4) is 0 Å². The van der Waals surface area contributed by atoms with Crippen LogP contribution < -0.4 is 4.74 Å². The van der Waals surface area contributed by atoms with Crippen LogP contribution in [0.1, 0.15) is 37.8 Å². The average Bonchev–Trinajstić information content (AvgIpc) is 3.07. The van der Waals surface area contributed by atoms with E-state index in [9.17, 15) is 9.59 Å². The summed E-state index contributed by atoms with van der Waals surface area (Å²) in [5, 5.41) is 1.14. The quantitative estimate of drug-likeness (QED) is 0.453. The van der Waals surface area contributed by atoms with Crippen LogP contribution in [0.5, 0.6) is 5.75 Å². The fraction of sp³-hybridized carbons (Fsp3) is 0.414. The van der Waals surface area contributed by atoms with E-state index in [2.05, 4.69) is 48.0 Å². The van der Waals surface area contributed by atoms with Crippen LogP contribution in [0.2, 0.25) is 0 Å². The Morgan fingerprint density at radius 3 is 2.39 bits per heavy atom. The predicted octanol–water partition coefficient (Wildman–Crippen LogP) is 4.70. The van der Waals surface area contributed by atoms with Gasteiger partial charge in [0.05, 0.1) is 19.2 Å². The second-order valence-corrected chi connectivity index (χ2v) is 10.3. The van der Waals surface area contributed by atoms with E-state index in [0.717, 1.165) is 41.9 Å². The minimum atomic E-state index is -0.763. The number of pyridine rings is 1. The molecule has 2 fully saturated rings. The van der Waals surface area contributed by atoms with Crippen molar-refractivity contribution in [3.8, 4) is 5.75 Å². The molecule has 1 spiro atoms. The monoisotopic (exact) mass is 486 g/mol. The third-order valence-electron chi connectivity index (χ3n) is 7.46. The molecular weight excluding hydrogens is 452 g/mol. The Morgan fingerprint density at radius 2 is 1.69 bits per heavy atom. The van der Waals surface area contributed by atoms with E-state index < -0.39 is 5.54 Å². The van der Waals surface area contributed by atoms with Crippen molar-refractivity contribution >= 4 is 22.8 Å². The summed E-state index contributed by atoms with van der Waals surface area (Å²) < 4.78 is 5.24. The zero-order valence-electron chi connectivity index (χ0n) is 21.3. The number of rotatable bonds is 7. The lowest BCUT2D eigenvalue weighted by atomic mass is 9.85. The summed E-state index contributed by atoms with van der Waals surface area (Å²) in [6.45, 7) is 7.35. The largest absolute Gasteiger partial charge is 0.497 e. The normalized spacial score (nSPS) is 18.1. The third kappa shape index (κ3) is 4.44. The number of methoxy groups -OCH3 is 1. The van der Waals surface area contributed by atoms with Crippen LogP contribution in [-0.2, 0) is 17.9 Å². The number of hydrogen-bond acceptors (Lipinski definition) is 5. The highest BCUT2D eigenvalue weighted by atomic mass is 16.5. The zero-order valence-corrected chi connectivity index (χ0v) is 21.3. The molecule has 2 saturated heterocycles. The molecule has 3 heterocycles. The van der Waals surface area contributed by atoms with Crippen molar-refractivity contribution < 1.29 is 14.3 Å². The molecule has 3 aromatic rings. The maximum Gasteiger partial charge on any atom is 0.327 e. The standard InChI is InChI=1S/C29H34N4O3/c1-21(2)18-33-28(35)32(19-22-9-11-25(36-3)12-10-22)27(34)29(33)13-16-31(17-14-29)20-24-7-4-6-23-8-5-15-30-26(23)24/h4-12,15,21H,13-14,16-20H2,1-3H3. The Bertz CT molecular complexity index is 1240. The van der Waals surface area contributed by atoms with Gasteiger partial charge < -0.3 is 9.64 Å². The highest BCUT2D eigenvalue weighted by Gasteiger charge is 2.57. The summed E-state index contributed by atoms with van der Waals surface area (Å²) in [6, 6.07) is 17.7. The average molecular weight is 487 g/mol. The molecule has 2 aromatic carbocycles. The Morgan fingerprint density at radius 1 is 0.972 bits per heavy atom. The van der Waals surface area contributed by atoms with Crippen molar-refractivity contribution in [1.29, 1.82) is 0 Å². The minimum Gasteiger partial charge on any atom is -0.497 e. The number of carbonyl (C=O) groups is 2. The molecule has 0 radical (unpaired) electrons. The second kappa shape index (κ2) is 9.90. The van der Waals surface area contributed by atoms with Crippen molar-refractivity contribution in [2.24, 2.45) is 5.92 Å². The van der Waals surface area contributed by atoms with Crippen LogP contribution in [0.4, 0.5) is 4.79 Å². The van der Waals surface area contributed by atoms with Crippen molar-refractivity contribution in [3.05, 3.63) is 71.9 Å². The van der Waals surface area contributed by atoms with E-state index in [1.807, 2.05) is 41.4 Å². The van der Waals surface area contributed by atoms with Crippen LogP contribution in [-0.4, -0.2) is 63.9 Å². The van der Waals surface area contributed by atoms with Crippen molar-refractivity contribution in [2.75, 3.05) is 26.7 Å². The number of imide groups is 1. The Labute approximate surface area is 212 Å². The molecule has 0 unspecified atom stereocenters. The first-order valence-corrected chi connectivity index (χ1v) is 12.7. The highest BCUT2D eigenvalue weighted by Crippen LogP contribution is 2.39. The van der Waals surface area contributed by atoms with E-state index in [4.69, 9.17) is 4.74 Å². The third-order valence-corrected chi connectivity index (χ3v) is 7.46. The number of hydrogen-bond donors (Lipinski definition) is 0. The van der Waals surface area contributed by atoms with Crippen LogP contribution in [0.25, 0.3) is 10.9 Å². The fourth-order valence-electron chi connectivity index (χ4n) is 5.55. The Hall–Kier alpha value is -3.45. The Kier molecular flexibility index (Phi) is 6.67. The number of amides is 3. The van der Waals surface area contributed by atoms with Crippen molar-refractivity contribution in [3.63, 3.8) is 0 Å². The molecule has 5 rings (SSSR count). The molecule has 0 bridgehead atoms. The van der Waals surface area contributed by atoms with Crippen LogP contribution in [0.15, 0.2) is 60.8 Å². The van der Waals surface area contributed by atoms with Gasteiger partial charge >= 0.3 is 6.03 Å². The lowest BCUT2D eigenvalue weighted by Gasteiger charge is -2.42. The van der Waals surface area contributed by atoms with Crippen molar-refractivity contribution in [1.82, 2.24) is 19.7 Å². The highest BCUT2D eigenvalue weighted by molar-refractivity contribution is 6.07. The minimum absolute atomic E-state index is 0.0598. The molecule has 0 saturated carbocycles. The van der Waals surface area contributed by atoms with E-state index in [1.165, 1.54) is 10.5 Å². The number of carbonyl (C=O) groups excluding carboxylic acids is 2. The molecule has 0 aliphatic carbocycles. The van der Waals surface area contributed by atoms with Gasteiger partial charge in [0.2, 0.25) is 0 Å². The topological polar surface area (TPSA) is 66.0 Å². The number of aromatic nitrogens is 1. The number of ether oxygens (including phenoxy) is 1. The molecule has 0 atom stereocenters. The maximum absolute atomic E-state index is 13.9. The first kappa shape index (κ1) is 24.3. The molecule has 3 amide bonds. The molecule has 36 heavy (non-hydrogen) atoms. The fourth-order valence-corrected chi connectivity index (χ4v) is 5.55. The van der Waals surface area contributed by atoms with Gasteiger partial charge in [-0.1, -0.05) is 50.2 Å². The van der Waals surface area contributed by atoms with Gasteiger partial charge in [-0.05, 0) is 48.1 Å². The van der Waals surface area contributed by atoms with Crippen molar-refractivity contribution in [2.45, 2.75) is 45.3 Å². The summed E-state index contributed by atoms with van der Waals surface area (Å²) in [7, 11) is 1.62. The molecular formula is C29H34N4O3. The SMILES string of the molecule is COc1ccc(CN2C(=O)N(CC(C)C)C3(CCN(Cc4cccc5cccnc45)CC3)C2=O)cc1. The summed E-state index contributed by atoms with van der Waals surface area (Å²) in [6.07, 6.45) is 3.12. The number of likely N-dealkylation sites (tertiary alicyclic amines) is 1. The molecule has 2 aliphatic heterocycles. The number of nitrogens with zero attached hydrogens (tertiary/aromatic N) is 4. The first-order valence-electron chi connectivity index (χ1n) is 12.7. The van der Waals surface area contributed by atoms with Gasteiger partial charge in [0.1, 0.15) is 11.3 Å². The summed E-state index contributed by atoms with van der Waals surface area (Å²) >= 11 is 0. The molecule has 7 heteroatoms. The molecule has 188 valence electrons. The maximum atomic E-state index is 13.9. The summed E-state index contributed by atoms with van der Waals surface area (Å²) in [5.74, 6) is 0.972. The van der Waals surface area contributed by atoms with Gasteiger partial charge in [-0.15, -0.1) is 0 Å². The van der Waals surface area contributed by atoms with E-state index >= 15 is 0 Å². The van der Waals surface area contributed by atoms with Gasteiger partial charge in [-0.2, -0.15) is 0 Å². The molecule has 2 aliphatic rings. The zero-order chi connectivity index (χ0) is 25.3. The van der Waals surface area contributed by atoms with Gasteiger partial charge in [0.25, 0.3) is 5.91 Å². The number of fused-ring (bicyclic) bond motifs is 1. The van der Waals surface area contributed by atoms with E-state index in [0.29, 0.717) is 19.4 Å². The number of urea groups is 1. The van der Waals surface area contributed by atoms with Gasteiger partial charge in [-0.3, -0.25) is 19.6 Å². The molecule has 1 aromatic heterocycles. The second-order valence-electron chi connectivity index (χ2n) is 10.3. The van der Waals surface area contributed by atoms with Crippen LogP contribution >= 0.6 is 0 Å². The summed E-state index contributed by atoms with van der Waals surface area (Å²) in [5.41, 5.74) is 2.37.